The van der Waals surface area contributed by atoms with Gasteiger partial charge in [-0.3, -0.25) is 4.90 Å². The molecule has 3 nitrogen and oxygen atoms in total. The molecule has 27 heavy (non-hydrogen) atoms. The zero-order valence-corrected chi connectivity index (χ0v) is 16.9. The second-order valence-corrected chi connectivity index (χ2v) is 8.96. The van der Waals surface area contributed by atoms with Crippen LogP contribution in [0.25, 0.3) is 0 Å². The summed E-state index contributed by atoms with van der Waals surface area (Å²) in [7, 11) is 3.89. The predicted octanol–water partition coefficient (Wildman–Crippen LogP) is 5.21. The van der Waals surface area contributed by atoms with E-state index in [4.69, 9.17) is 9.47 Å². The van der Waals surface area contributed by atoms with Crippen LogP contribution in [0.3, 0.4) is 0 Å². The monoisotopic (exact) mass is 389 g/mol. The summed E-state index contributed by atoms with van der Waals surface area (Å²) >= 11 is 1.73. The van der Waals surface area contributed by atoms with Gasteiger partial charge in [0.2, 0.25) is 0 Å². The molecule has 0 amide bonds. The number of hydrogen-bond acceptors (Lipinski definition) is 4. The SMILES string of the molecule is COc1ccsc1CN(C)C1COC2(CCCC2)CC1c1ccc(F)cc1. The number of ether oxygens (including phenoxy) is 2. The number of benzene rings is 1. The van der Waals surface area contributed by atoms with Gasteiger partial charge in [-0.05, 0) is 55.5 Å². The molecule has 2 fully saturated rings. The summed E-state index contributed by atoms with van der Waals surface area (Å²) in [6, 6.07) is 9.39. The van der Waals surface area contributed by atoms with E-state index < -0.39 is 0 Å². The second kappa shape index (κ2) is 7.90. The quantitative estimate of drug-likeness (QED) is 0.700. The number of rotatable bonds is 5. The molecule has 1 aromatic heterocycles. The third-order valence-corrected chi connectivity index (χ3v) is 7.20. The van der Waals surface area contributed by atoms with Crippen molar-refractivity contribution in [2.75, 3.05) is 20.8 Å². The molecule has 1 aliphatic heterocycles. The van der Waals surface area contributed by atoms with Crippen LogP contribution in [0, 0.1) is 5.82 Å². The molecule has 2 unspecified atom stereocenters. The van der Waals surface area contributed by atoms with Crippen molar-refractivity contribution >= 4 is 11.3 Å². The summed E-state index contributed by atoms with van der Waals surface area (Å²) in [5.41, 5.74) is 1.25. The molecule has 1 saturated carbocycles. The number of methoxy groups -OCH3 is 1. The third kappa shape index (κ3) is 3.91. The highest BCUT2D eigenvalue weighted by Gasteiger charge is 2.45. The van der Waals surface area contributed by atoms with Crippen molar-refractivity contribution in [2.24, 2.45) is 0 Å². The fraction of sp³-hybridized carbons (Fsp3) is 0.545. The van der Waals surface area contributed by atoms with Gasteiger partial charge in [-0.2, -0.15) is 0 Å². The summed E-state index contributed by atoms with van der Waals surface area (Å²) in [4.78, 5) is 3.61. The minimum atomic E-state index is -0.172. The van der Waals surface area contributed by atoms with Crippen LogP contribution in [0.4, 0.5) is 4.39 Å². The van der Waals surface area contributed by atoms with Crippen molar-refractivity contribution in [2.45, 2.75) is 56.2 Å². The van der Waals surface area contributed by atoms with Crippen LogP contribution in [0.5, 0.6) is 5.75 Å². The Morgan fingerprint density at radius 2 is 1.96 bits per heavy atom. The number of thiophene rings is 1. The number of likely N-dealkylation sites (N-methyl/N-ethyl adjacent to an activating group) is 1. The highest BCUT2D eigenvalue weighted by Crippen LogP contribution is 2.46. The standard InChI is InChI=1S/C22H28FNO2S/c1-24(14-21-20(25-2)9-12-27-21)19-15-26-22(10-3-4-11-22)13-18(19)16-5-7-17(23)8-6-16/h5-9,12,18-19H,3-4,10-11,13-15H2,1-2H3. The van der Waals surface area contributed by atoms with Gasteiger partial charge in [0.05, 0.1) is 24.2 Å². The van der Waals surface area contributed by atoms with E-state index in [1.807, 2.05) is 18.2 Å². The average Bonchev–Trinajstić information content (AvgIpc) is 3.31. The summed E-state index contributed by atoms with van der Waals surface area (Å²) in [5, 5.41) is 2.07. The molecular formula is C22H28FNO2S. The summed E-state index contributed by atoms with van der Waals surface area (Å²) in [6.45, 7) is 1.56. The van der Waals surface area contributed by atoms with E-state index >= 15 is 0 Å². The van der Waals surface area contributed by atoms with Crippen LogP contribution in [0.2, 0.25) is 0 Å². The topological polar surface area (TPSA) is 21.7 Å². The van der Waals surface area contributed by atoms with Gasteiger partial charge in [0, 0.05) is 18.5 Å². The van der Waals surface area contributed by atoms with Crippen LogP contribution >= 0.6 is 11.3 Å². The van der Waals surface area contributed by atoms with Crippen molar-refractivity contribution in [3.63, 3.8) is 0 Å². The fourth-order valence-electron chi connectivity index (χ4n) is 4.80. The van der Waals surface area contributed by atoms with E-state index in [9.17, 15) is 4.39 Å². The molecule has 2 heterocycles. The van der Waals surface area contributed by atoms with Crippen LogP contribution < -0.4 is 4.74 Å². The Hall–Kier alpha value is -1.43. The van der Waals surface area contributed by atoms with Gasteiger partial charge in [0.25, 0.3) is 0 Å². The van der Waals surface area contributed by atoms with Crippen molar-refractivity contribution < 1.29 is 13.9 Å². The Morgan fingerprint density at radius 1 is 1.22 bits per heavy atom. The first-order valence-electron chi connectivity index (χ1n) is 9.80. The van der Waals surface area contributed by atoms with Crippen LogP contribution in [-0.4, -0.2) is 37.3 Å². The van der Waals surface area contributed by atoms with Gasteiger partial charge in [-0.15, -0.1) is 11.3 Å². The minimum absolute atomic E-state index is 0.0248. The molecule has 5 heteroatoms. The highest BCUT2D eigenvalue weighted by atomic mass is 32.1. The van der Waals surface area contributed by atoms with Crippen molar-refractivity contribution in [3.8, 4) is 5.75 Å². The Kier molecular flexibility index (Phi) is 5.53. The summed E-state index contributed by atoms with van der Waals surface area (Å²) < 4.78 is 25.4. The molecule has 4 rings (SSSR count). The zero-order chi connectivity index (χ0) is 18.9. The lowest BCUT2D eigenvalue weighted by atomic mass is 9.77. The maximum absolute atomic E-state index is 13.5. The van der Waals surface area contributed by atoms with Crippen molar-refractivity contribution in [1.82, 2.24) is 4.90 Å². The lowest BCUT2D eigenvalue weighted by Crippen LogP contribution is -2.50. The first-order chi connectivity index (χ1) is 13.1. The third-order valence-electron chi connectivity index (χ3n) is 6.31. The summed E-state index contributed by atoms with van der Waals surface area (Å²) in [5.74, 6) is 1.14. The maximum atomic E-state index is 13.5. The van der Waals surface area contributed by atoms with Gasteiger partial charge in [0.1, 0.15) is 11.6 Å². The maximum Gasteiger partial charge on any atom is 0.134 e. The molecule has 1 spiro atoms. The molecule has 0 bridgehead atoms. The Morgan fingerprint density at radius 3 is 2.67 bits per heavy atom. The first-order valence-corrected chi connectivity index (χ1v) is 10.7. The smallest absolute Gasteiger partial charge is 0.134 e. The van der Waals surface area contributed by atoms with Crippen molar-refractivity contribution in [3.05, 3.63) is 52.0 Å². The second-order valence-electron chi connectivity index (χ2n) is 7.96. The Balaban J connectivity index is 1.58. The van der Waals surface area contributed by atoms with Gasteiger partial charge < -0.3 is 9.47 Å². The predicted molar refractivity (Wildman–Crippen MR) is 107 cm³/mol. The lowest BCUT2D eigenvalue weighted by Gasteiger charge is -2.46. The van der Waals surface area contributed by atoms with Crippen LogP contribution in [-0.2, 0) is 11.3 Å². The van der Waals surface area contributed by atoms with Crippen LogP contribution in [0.1, 0.15) is 48.5 Å². The van der Waals surface area contributed by atoms with Crippen LogP contribution in [0.15, 0.2) is 35.7 Å². The molecule has 1 saturated heterocycles. The average molecular weight is 390 g/mol. The number of hydrogen-bond donors (Lipinski definition) is 0. The molecule has 2 atom stereocenters. The number of halogens is 1. The van der Waals surface area contributed by atoms with E-state index in [0.29, 0.717) is 5.92 Å². The molecule has 2 aliphatic rings. The van der Waals surface area contributed by atoms with E-state index in [1.165, 1.54) is 23.3 Å². The molecular weight excluding hydrogens is 361 g/mol. The lowest BCUT2D eigenvalue weighted by molar-refractivity contribution is -0.113. The first kappa shape index (κ1) is 18.9. The van der Waals surface area contributed by atoms with E-state index in [-0.39, 0.29) is 17.5 Å². The van der Waals surface area contributed by atoms with E-state index in [2.05, 4.69) is 17.3 Å². The zero-order valence-electron chi connectivity index (χ0n) is 16.1. The van der Waals surface area contributed by atoms with E-state index in [1.54, 1.807) is 30.6 Å². The highest BCUT2D eigenvalue weighted by molar-refractivity contribution is 7.10. The van der Waals surface area contributed by atoms with Crippen molar-refractivity contribution in [1.29, 1.82) is 0 Å². The van der Waals surface area contributed by atoms with Gasteiger partial charge in [-0.25, -0.2) is 4.39 Å². The molecule has 146 valence electrons. The molecule has 2 aromatic rings. The normalized spacial score (nSPS) is 24.6. The van der Waals surface area contributed by atoms with Gasteiger partial charge >= 0.3 is 0 Å². The van der Waals surface area contributed by atoms with E-state index in [0.717, 1.165) is 38.2 Å². The number of nitrogens with zero attached hydrogens (tertiary/aromatic N) is 1. The molecule has 0 N–H and O–H groups in total. The fourth-order valence-corrected chi connectivity index (χ4v) is 5.70. The minimum Gasteiger partial charge on any atom is -0.496 e. The van der Waals surface area contributed by atoms with Gasteiger partial charge in [-0.1, -0.05) is 25.0 Å². The summed E-state index contributed by atoms with van der Waals surface area (Å²) in [6.07, 6.45) is 5.83. The molecule has 1 aromatic carbocycles. The Bertz CT molecular complexity index is 754. The van der Waals surface area contributed by atoms with Gasteiger partial charge in [0.15, 0.2) is 0 Å². The Labute approximate surface area is 165 Å². The molecule has 0 radical (unpaired) electrons. The largest absolute Gasteiger partial charge is 0.496 e. The molecule has 1 aliphatic carbocycles.